The molecule has 0 heterocycles. The van der Waals surface area contributed by atoms with E-state index in [0.717, 1.165) is 23.7 Å². The highest BCUT2D eigenvalue weighted by atomic mass is 16.2. The first-order valence-electron chi connectivity index (χ1n) is 7.62. The predicted molar refractivity (Wildman–Crippen MR) is 92.1 cm³/mol. The predicted octanol–water partition coefficient (Wildman–Crippen LogP) is 3.19. The molecule has 0 saturated heterocycles. The van der Waals surface area contributed by atoms with Gasteiger partial charge in [0.1, 0.15) is 12.6 Å². The van der Waals surface area contributed by atoms with E-state index in [-0.39, 0.29) is 24.3 Å². The van der Waals surface area contributed by atoms with Gasteiger partial charge in [-0.15, -0.1) is 0 Å². The second kappa shape index (κ2) is 9.51. The number of carbonyl (C=O) groups is 3. The molecule has 0 aliphatic heterocycles. The molecule has 0 aliphatic carbocycles. The second-order valence-corrected chi connectivity index (χ2v) is 5.59. The summed E-state index contributed by atoms with van der Waals surface area (Å²) in [6, 6.07) is 7.17. The van der Waals surface area contributed by atoms with Gasteiger partial charge in [0.05, 0.1) is 0 Å². The van der Waals surface area contributed by atoms with Crippen molar-refractivity contribution in [1.29, 1.82) is 0 Å². The summed E-state index contributed by atoms with van der Waals surface area (Å²) in [5, 5.41) is 2.89. The van der Waals surface area contributed by atoms with Gasteiger partial charge in [-0.3, -0.25) is 9.59 Å². The van der Waals surface area contributed by atoms with Crippen LogP contribution >= 0.6 is 0 Å². The molecule has 2 unspecified atom stereocenters. The maximum atomic E-state index is 11.9. The van der Waals surface area contributed by atoms with E-state index >= 15 is 0 Å². The Labute approximate surface area is 137 Å². The van der Waals surface area contributed by atoms with Crippen molar-refractivity contribution in [3.63, 3.8) is 0 Å². The largest absolute Gasteiger partial charge is 0.350 e. The van der Waals surface area contributed by atoms with E-state index in [1.807, 2.05) is 44.2 Å². The van der Waals surface area contributed by atoms with E-state index in [4.69, 9.17) is 0 Å². The first kappa shape index (κ1) is 18.6. The summed E-state index contributed by atoms with van der Waals surface area (Å²) in [6.07, 6.45) is 7.58. The minimum atomic E-state index is -0.311. The average Bonchev–Trinajstić information content (AvgIpc) is 2.55. The van der Waals surface area contributed by atoms with Crippen molar-refractivity contribution in [3.05, 3.63) is 53.1 Å². The van der Waals surface area contributed by atoms with E-state index in [1.54, 1.807) is 19.1 Å². The lowest BCUT2D eigenvalue weighted by Gasteiger charge is -2.17. The zero-order chi connectivity index (χ0) is 17.2. The average molecular weight is 313 g/mol. The molecule has 1 rings (SSSR count). The van der Waals surface area contributed by atoms with E-state index < -0.39 is 0 Å². The minimum absolute atomic E-state index is 0.0984. The highest BCUT2D eigenvalue weighted by Crippen LogP contribution is 2.08. The van der Waals surface area contributed by atoms with Gasteiger partial charge in [-0.1, -0.05) is 55.0 Å². The number of aldehydes is 2. The Morgan fingerprint density at radius 3 is 2.30 bits per heavy atom. The van der Waals surface area contributed by atoms with Gasteiger partial charge in [0.25, 0.3) is 0 Å². The summed E-state index contributed by atoms with van der Waals surface area (Å²) in [4.78, 5) is 32.9. The lowest BCUT2D eigenvalue weighted by Crippen LogP contribution is -2.37. The molecule has 4 heteroatoms. The van der Waals surface area contributed by atoms with Crippen molar-refractivity contribution < 1.29 is 14.4 Å². The molecule has 1 aromatic carbocycles. The number of nitrogens with one attached hydrogen (secondary N) is 1. The molecule has 23 heavy (non-hydrogen) atoms. The quantitative estimate of drug-likeness (QED) is 0.592. The minimum Gasteiger partial charge on any atom is -0.350 e. The van der Waals surface area contributed by atoms with Crippen LogP contribution in [-0.2, 0) is 9.59 Å². The van der Waals surface area contributed by atoms with Crippen LogP contribution in [0.5, 0.6) is 0 Å². The van der Waals surface area contributed by atoms with Gasteiger partial charge in [0, 0.05) is 23.9 Å². The molecular formula is C19H23NO3. The zero-order valence-corrected chi connectivity index (χ0v) is 13.8. The van der Waals surface area contributed by atoms with E-state index in [2.05, 4.69) is 5.32 Å². The van der Waals surface area contributed by atoms with Gasteiger partial charge in [-0.25, -0.2) is 0 Å². The van der Waals surface area contributed by atoms with Gasteiger partial charge in [0.2, 0.25) is 5.91 Å². The molecule has 1 aromatic rings. The number of hydrogen-bond acceptors (Lipinski definition) is 3. The summed E-state index contributed by atoms with van der Waals surface area (Å²) in [6.45, 7) is 5.58. The summed E-state index contributed by atoms with van der Waals surface area (Å²) in [5.41, 5.74) is 2.66. The number of carbonyl (C=O) groups excluding carboxylic acids is 3. The second-order valence-electron chi connectivity index (χ2n) is 5.59. The monoisotopic (exact) mass is 313 g/mol. The first-order chi connectivity index (χ1) is 11.0. The topological polar surface area (TPSA) is 63.2 Å². The Balaban J connectivity index is 2.60. The molecule has 0 spiro atoms. The van der Waals surface area contributed by atoms with Crippen LogP contribution < -0.4 is 5.32 Å². The maximum Gasteiger partial charge on any atom is 0.223 e. The van der Waals surface area contributed by atoms with Gasteiger partial charge >= 0.3 is 0 Å². The van der Waals surface area contributed by atoms with Crippen LogP contribution in [0.2, 0.25) is 0 Å². The number of allylic oxidation sites excluding steroid dienone is 2. The van der Waals surface area contributed by atoms with Gasteiger partial charge in [-0.2, -0.15) is 0 Å². The van der Waals surface area contributed by atoms with Crippen LogP contribution in [-0.4, -0.2) is 24.5 Å². The van der Waals surface area contributed by atoms with Crippen LogP contribution in [0.3, 0.4) is 0 Å². The fraction of sp³-hybridized carbons (Fsp3) is 0.316. The molecule has 0 fully saturated rings. The first-order valence-corrected chi connectivity index (χ1v) is 7.62. The fourth-order valence-electron chi connectivity index (χ4n) is 1.86. The van der Waals surface area contributed by atoms with Gasteiger partial charge in [-0.05, 0) is 19.4 Å². The van der Waals surface area contributed by atoms with Gasteiger partial charge < -0.3 is 10.1 Å². The van der Waals surface area contributed by atoms with Crippen molar-refractivity contribution in [1.82, 2.24) is 5.32 Å². The Bertz CT molecular complexity index is 600. The SMILES string of the molecule is CC(=CC=Cc1ccc(C=O)cc1)C(C)NC(=O)C(C)CC=O. The van der Waals surface area contributed by atoms with Crippen molar-refractivity contribution >= 4 is 24.6 Å². The third-order valence-corrected chi connectivity index (χ3v) is 3.66. The number of benzene rings is 1. The summed E-state index contributed by atoms with van der Waals surface area (Å²) < 4.78 is 0. The molecule has 1 N–H and O–H groups in total. The molecule has 0 radical (unpaired) electrons. The standard InChI is InChI=1S/C19H23NO3/c1-14(16(3)20-19(23)15(2)11-12-21)5-4-6-17-7-9-18(13-22)10-8-17/h4-10,12-13,15-16H,11H2,1-3H3,(H,20,23). The molecule has 0 bridgehead atoms. The van der Waals surface area contributed by atoms with Crippen LogP contribution in [0, 0.1) is 5.92 Å². The molecule has 0 aromatic heterocycles. The molecule has 1 amide bonds. The highest BCUT2D eigenvalue weighted by molar-refractivity contribution is 5.81. The molecule has 122 valence electrons. The van der Waals surface area contributed by atoms with E-state index in [0.29, 0.717) is 5.56 Å². The van der Waals surface area contributed by atoms with Gasteiger partial charge in [0.15, 0.2) is 0 Å². The Morgan fingerprint density at radius 2 is 1.74 bits per heavy atom. The fourth-order valence-corrected chi connectivity index (χ4v) is 1.86. The van der Waals surface area contributed by atoms with Crippen molar-refractivity contribution in [2.24, 2.45) is 5.92 Å². The van der Waals surface area contributed by atoms with Crippen molar-refractivity contribution in [2.75, 3.05) is 0 Å². The number of rotatable bonds is 8. The van der Waals surface area contributed by atoms with E-state index in [1.165, 1.54) is 0 Å². The van der Waals surface area contributed by atoms with Crippen molar-refractivity contribution in [2.45, 2.75) is 33.2 Å². The molecular weight excluding hydrogens is 290 g/mol. The Hall–Kier alpha value is -2.49. The Kier molecular flexibility index (Phi) is 7.67. The van der Waals surface area contributed by atoms with Crippen LogP contribution in [0.15, 0.2) is 42.0 Å². The lowest BCUT2D eigenvalue weighted by molar-refractivity contribution is -0.126. The third-order valence-electron chi connectivity index (χ3n) is 3.66. The van der Waals surface area contributed by atoms with Crippen molar-refractivity contribution in [3.8, 4) is 0 Å². The Morgan fingerprint density at radius 1 is 1.13 bits per heavy atom. The molecule has 4 nitrogen and oxygen atoms in total. The highest BCUT2D eigenvalue weighted by Gasteiger charge is 2.15. The normalized spacial score (nSPS) is 14.3. The molecule has 0 saturated carbocycles. The molecule has 2 atom stereocenters. The number of hydrogen-bond donors (Lipinski definition) is 1. The molecule has 0 aliphatic rings. The van der Waals surface area contributed by atoms with E-state index in [9.17, 15) is 14.4 Å². The van der Waals surface area contributed by atoms with Crippen LogP contribution in [0.4, 0.5) is 0 Å². The summed E-state index contributed by atoms with van der Waals surface area (Å²) >= 11 is 0. The lowest BCUT2D eigenvalue weighted by atomic mass is 10.1. The smallest absolute Gasteiger partial charge is 0.223 e. The maximum absolute atomic E-state index is 11.9. The number of amides is 1. The third kappa shape index (κ3) is 6.43. The summed E-state index contributed by atoms with van der Waals surface area (Å²) in [7, 11) is 0. The van der Waals surface area contributed by atoms with Crippen LogP contribution in [0.25, 0.3) is 6.08 Å². The zero-order valence-electron chi connectivity index (χ0n) is 13.8. The summed E-state index contributed by atoms with van der Waals surface area (Å²) in [5.74, 6) is -0.430. The van der Waals surface area contributed by atoms with Crippen LogP contribution in [0.1, 0.15) is 43.1 Å².